The minimum Gasteiger partial charge on any atom is -0.465 e. The highest BCUT2D eigenvalue weighted by Gasteiger charge is 2.28. The highest BCUT2D eigenvalue weighted by atomic mass is 35.5. The summed E-state index contributed by atoms with van der Waals surface area (Å²) in [5.41, 5.74) is 0. The molecule has 6 heteroatoms. The van der Waals surface area contributed by atoms with Gasteiger partial charge in [-0.25, -0.2) is 0 Å². The number of nitrogens with one attached hydrogen (secondary N) is 1. The van der Waals surface area contributed by atoms with Gasteiger partial charge < -0.3 is 10.1 Å². The van der Waals surface area contributed by atoms with Crippen LogP contribution < -0.4 is 5.32 Å². The summed E-state index contributed by atoms with van der Waals surface area (Å²) in [7, 11) is 0. The van der Waals surface area contributed by atoms with E-state index in [0.29, 0.717) is 13.2 Å². The smallest absolute Gasteiger partial charge is 0.320 e. The second-order valence-electron chi connectivity index (χ2n) is 5.51. The lowest BCUT2D eigenvalue weighted by Gasteiger charge is -2.37. The first kappa shape index (κ1) is 20.0. The lowest BCUT2D eigenvalue weighted by atomic mass is 9.79. The fraction of sp³-hybridized carbons (Fsp3) is 0.929. The first-order valence-corrected chi connectivity index (χ1v) is 7.38. The van der Waals surface area contributed by atoms with E-state index in [1.54, 1.807) is 0 Å². The number of esters is 1. The van der Waals surface area contributed by atoms with Gasteiger partial charge in [-0.3, -0.25) is 9.69 Å². The van der Waals surface area contributed by atoms with E-state index in [4.69, 9.17) is 4.74 Å². The molecule has 0 radical (unpaired) electrons. The molecule has 0 atom stereocenters. The third-order valence-corrected chi connectivity index (χ3v) is 4.34. The van der Waals surface area contributed by atoms with Gasteiger partial charge in [0.05, 0.1) is 13.2 Å². The van der Waals surface area contributed by atoms with E-state index < -0.39 is 0 Å². The van der Waals surface area contributed by atoms with E-state index in [-0.39, 0.29) is 30.8 Å². The lowest BCUT2D eigenvalue weighted by Crippen LogP contribution is -2.41. The van der Waals surface area contributed by atoms with Gasteiger partial charge in [0.15, 0.2) is 0 Å². The Bertz CT molecular complexity index is 266. The molecule has 120 valence electrons. The van der Waals surface area contributed by atoms with Crippen molar-refractivity contribution in [2.24, 2.45) is 11.8 Å². The normalized spacial score (nSPS) is 21.6. The van der Waals surface area contributed by atoms with Crippen molar-refractivity contribution >= 4 is 30.8 Å². The zero-order chi connectivity index (χ0) is 12.8. The Kier molecular flexibility index (Phi) is 10.6. The Morgan fingerprint density at radius 1 is 1.10 bits per heavy atom. The van der Waals surface area contributed by atoms with Crippen LogP contribution in [0.4, 0.5) is 0 Å². The monoisotopic (exact) mass is 326 g/mol. The van der Waals surface area contributed by atoms with Crippen molar-refractivity contribution < 1.29 is 9.53 Å². The third kappa shape index (κ3) is 6.17. The van der Waals surface area contributed by atoms with Crippen LogP contribution in [-0.4, -0.2) is 50.2 Å². The molecule has 2 rings (SSSR count). The molecule has 20 heavy (non-hydrogen) atoms. The summed E-state index contributed by atoms with van der Waals surface area (Å²) in [5.74, 6) is 1.72. The SMILES string of the molecule is CCOC(=O)CN1CCC(C2CCNCC2)CC1.Cl.Cl. The molecular weight excluding hydrogens is 299 g/mol. The summed E-state index contributed by atoms with van der Waals surface area (Å²) < 4.78 is 5.00. The highest BCUT2D eigenvalue weighted by Crippen LogP contribution is 2.30. The Labute approximate surface area is 134 Å². The Hall–Kier alpha value is -0.0300. The predicted molar refractivity (Wildman–Crippen MR) is 85.9 cm³/mol. The van der Waals surface area contributed by atoms with Crippen molar-refractivity contribution in [1.29, 1.82) is 0 Å². The van der Waals surface area contributed by atoms with Gasteiger partial charge in [-0.2, -0.15) is 0 Å². The van der Waals surface area contributed by atoms with Crippen LogP contribution in [0.2, 0.25) is 0 Å². The number of ether oxygens (including phenoxy) is 1. The van der Waals surface area contributed by atoms with Crippen LogP contribution in [0.1, 0.15) is 32.6 Å². The molecule has 0 unspecified atom stereocenters. The molecule has 0 spiro atoms. The molecule has 0 amide bonds. The molecule has 0 bridgehead atoms. The summed E-state index contributed by atoms with van der Waals surface area (Å²) in [4.78, 5) is 13.7. The van der Waals surface area contributed by atoms with Gasteiger partial charge in [-0.05, 0) is 70.6 Å². The second-order valence-corrected chi connectivity index (χ2v) is 5.51. The van der Waals surface area contributed by atoms with Gasteiger partial charge in [0.25, 0.3) is 0 Å². The van der Waals surface area contributed by atoms with Crippen LogP contribution in [0.5, 0.6) is 0 Å². The van der Waals surface area contributed by atoms with Gasteiger partial charge in [0, 0.05) is 0 Å². The molecule has 0 aromatic rings. The van der Waals surface area contributed by atoms with Crippen LogP contribution in [0.3, 0.4) is 0 Å². The average molecular weight is 327 g/mol. The number of carbonyl (C=O) groups excluding carboxylic acids is 1. The quantitative estimate of drug-likeness (QED) is 0.803. The molecule has 2 aliphatic heterocycles. The maximum atomic E-state index is 11.4. The topological polar surface area (TPSA) is 41.6 Å². The Morgan fingerprint density at radius 2 is 1.65 bits per heavy atom. The highest BCUT2D eigenvalue weighted by molar-refractivity contribution is 5.85. The predicted octanol–water partition coefficient (Wildman–Crippen LogP) is 2.10. The fourth-order valence-corrected chi connectivity index (χ4v) is 3.29. The molecule has 0 saturated carbocycles. The number of nitrogens with zero attached hydrogens (tertiary/aromatic N) is 1. The zero-order valence-corrected chi connectivity index (χ0v) is 13.9. The number of halogens is 2. The summed E-state index contributed by atoms with van der Waals surface area (Å²) in [5, 5.41) is 3.43. The molecule has 1 N–H and O–H groups in total. The number of piperidine rings is 2. The van der Waals surface area contributed by atoms with Gasteiger partial charge >= 0.3 is 5.97 Å². The molecule has 2 heterocycles. The molecule has 2 fully saturated rings. The van der Waals surface area contributed by atoms with E-state index in [1.807, 2.05) is 6.92 Å². The van der Waals surface area contributed by atoms with Gasteiger partial charge in [-0.1, -0.05) is 0 Å². The molecule has 4 nitrogen and oxygen atoms in total. The summed E-state index contributed by atoms with van der Waals surface area (Å²) in [6, 6.07) is 0. The van der Waals surface area contributed by atoms with E-state index in [9.17, 15) is 4.79 Å². The largest absolute Gasteiger partial charge is 0.465 e. The fourth-order valence-electron chi connectivity index (χ4n) is 3.29. The number of likely N-dealkylation sites (tertiary alicyclic amines) is 1. The van der Waals surface area contributed by atoms with Crippen molar-refractivity contribution in [3.63, 3.8) is 0 Å². The van der Waals surface area contributed by atoms with E-state index in [0.717, 1.165) is 24.9 Å². The van der Waals surface area contributed by atoms with Crippen LogP contribution >= 0.6 is 24.8 Å². The molecule has 2 aliphatic rings. The van der Waals surface area contributed by atoms with Gasteiger partial charge in [-0.15, -0.1) is 24.8 Å². The molecule has 2 saturated heterocycles. The summed E-state index contributed by atoms with van der Waals surface area (Å²) in [6.07, 6.45) is 5.18. The van der Waals surface area contributed by atoms with Crippen molar-refractivity contribution in [3.8, 4) is 0 Å². The van der Waals surface area contributed by atoms with Crippen molar-refractivity contribution in [3.05, 3.63) is 0 Å². The lowest BCUT2D eigenvalue weighted by molar-refractivity contribution is -0.144. The van der Waals surface area contributed by atoms with E-state index in [1.165, 1.54) is 38.8 Å². The van der Waals surface area contributed by atoms with Gasteiger partial charge in [0.1, 0.15) is 0 Å². The molecule has 0 aromatic carbocycles. The Balaban J connectivity index is 0.00000180. The van der Waals surface area contributed by atoms with Crippen LogP contribution in [0, 0.1) is 11.8 Å². The summed E-state index contributed by atoms with van der Waals surface area (Å²) in [6.45, 7) is 7.33. The first-order valence-electron chi connectivity index (χ1n) is 7.38. The zero-order valence-electron chi connectivity index (χ0n) is 12.3. The molecule has 0 aliphatic carbocycles. The first-order chi connectivity index (χ1) is 8.79. The second kappa shape index (κ2) is 10.7. The van der Waals surface area contributed by atoms with Gasteiger partial charge in [0.2, 0.25) is 0 Å². The van der Waals surface area contributed by atoms with Crippen molar-refractivity contribution in [1.82, 2.24) is 10.2 Å². The van der Waals surface area contributed by atoms with Crippen LogP contribution in [-0.2, 0) is 9.53 Å². The maximum absolute atomic E-state index is 11.4. The number of hydrogen-bond donors (Lipinski definition) is 1. The molecular formula is C14H28Cl2N2O2. The van der Waals surface area contributed by atoms with Crippen LogP contribution in [0.15, 0.2) is 0 Å². The Morgan fingerprint density at radius 3 is 2.20 bits per heavy atom. The van der Waals surface area contributed by atoms with Crippen molar-refractivity contribution in [2.75, 3.05) is 39.3 Å². The van der Waals surface area contributed by atoms with E-state index in [2.05, 4.69) is 10.2 Å². The van der Waals surface area contributed by atoms with Crippen LogP contribution in [0.25, 0.3) is 0 Å². The van der Waals surface area contributed by atoms with E-state index >= 15 is 0 Å². The summed E-state index contributed by atoms with van der Waals surface area (Å²) >= 11 is 0. The minimum atomic E-state index is -0.0715. The number of rotatable bonds is 4. The third-order valence-electron chi connectivity index (χ3n) is 4.34. The average Bonchev–Trinajstić information content (AvgIpc) is 2.41. The minimum absolute atomic E-state index is 0. The number of hydrogen-bond acceptors (Lipinski definition) is 4. The maximum Gasteiger partial charge on any atom is 0.320 e. The standard InChI is InChI=1S/C14H26N2O2.2ClH/c1-2-18-14(17)11-16-9-5-13(6-10-16)12-3-7-15-8-4-12;;/h12-13,15H,2-11H2,1H3;2*1H. The number of carbonyl (C=O) groups is 1. The van der Waals surface area contributed by atoms with Crippen molar-refractivity contribution in [2.45, 2.75) is 32.6 Å². The molecule has 0 aromatic heterocycles.